The lowest BCUT2D eigenvalue weighted by Crippen LogP contribution is -2.44. The van der Waals surface area contributed by atoms with E-state index in [2.05, 4.69) is 10.2 Å². The summed E-state index contributed by atoms with van der Waals surface area (Å²) < 4.78 is 29.0. The van der Waals surface area contributed by atoms with Crippen LogP contribution in [0.3, 0.4) is 0 Å². The number of likely N-dealkylation sites (N-methyl/N-ethyl adjacent to an activating group) is 1. The number of rotatable bonds is 4. The maximum absolute atomic E-state index is 13.9. The van der Waals surface area contributed by atoms with Crippen LogP contribution in [0.4, 0.5) is 8.78 Å². The van der Waals surface area contributed by atoms with E-state index in [4.69, 9.17) is 0 Å². The van der Waals surface area contributed by atoms with Gasteiger partial charge in [-0.3, -0.25) is 9.59 Å². The van der Waals surface area contributed by atoms with E-state index in [1.807, 2.05) is 4.57 Å². The smallest absolute Gasteiger partial charge is 0.242 e. The average molecular weight is 363 g/mol. The molecule has 1 aromatic carbocycles. The third-order valence-electron chi connectivity index (χ3n) is 4.47. The van der Waals surface area contributed by atoms with E-state index in [9.17, 15) is 18.4 Å². The van der Waals surface area contributed by atoms with Crippen molar-refractivity contribution in [3.8, 4) is 0 Å². The Morgan fingerprint density at radius 1 is 1.23 bits per heavy atom. The van der Waals surface area contributed by atoms with Crippen molar-refractivity contribution in [3.05, 3.63) is 47.0 Å². The van der Waals surface area contributed by atoms with Crippen molar-refractivity contribution >= 4 is 11.8 Å². The number of fused-ring (bicyclic) bond motifs is 1. The molecule has 0 bridgehead atoms. The number of hydrogen-bond acceptors (Lipinski definition) is 4. The average Bonchev–Trinajstić information content (AvgIpc) is 3.01. The second kappa shape index (κ2) is 7.19. The Bertz CT molecular complexity index is 852. The number of nitrogens with zero attached hydrogens (tertiary/aromatic N) is 5. The van der Waals surface area contributed by atoms with Crippen molar-refractivity contribution in [2.45, 2.75) is 26.4 Å². The number of amides is 2. The van der Waals surface area contributed by atoms with Gasteiger partial charge in [-0.25, -0.2) is 8.78 Å². The van der Waals surface area contributed by atoms with Crippen LogP contribution in [0.5, 0.6) is 0 Å². The standard InChI is InChI=1S/C17H19F2N5O2/c1-11(25)22(2)10-16(26)23-6-7-24-14(20-21-15(24)9-23)8-12-4-3-5-13(18)17(12)19/h3-5H,6-10H2,1-2H3. The van der Waals surface area contributed by atoms with Crippen LogP contribution in [-0.4, -0.2) is 56.5 Å². The quantitative estimate of drug-likeness (QED) is 0.812. The lowest BCUT2D eigenvalue weighted by atomic mass is 10.1. The SMILES string of the molecule is CC(=O)N(C)CC(=O)N1CCn2c(Cc3cccc(F)c3F)nnc2C1. The first-order chi connectivity index (χ1) is 12.4. The minimum Gasteiger partial charge on any atom is -0.337 e. The number of aromatic nitrogens is 3. The molecule has 2 heterocycles. The molecule has 0 atom stereocenters. The number of carbonyl (C=O) groups is 2. The molecule has 0 fully saturated rings. The van der Waals surface area contributed by atoms with Gasteiger partial charge in [0, 0.05) is 33.5 Å². The van der Waals surface area contributed by atoms with Gasteiger partial charge in [0.1, 0.15) is 5.82 Å². The predicted octanol–water partition coefficient (Wildman–Crippen LogP) is 0.968. The molecular weight excluding hydrogens is 344 g/mol. The monoisotopic (exact) mass is 363 g/mol. The fourth-order valence-electron chi connectivity index (χ4n) is 2.83. The molecule has 1 aliphatic rings. The van der Waals surface area contributed by atoms with Crippen molar-refractivity contribution in [2.24, 2.45) is 0 Å². The van der Waals surface area contributed by atoms with E-state index in [0.29, 0.717) is 24.7 Å². The Morgan fingerprint density at radius 2 is 2.00 bits per heavy atom. The topological polar surface area (TPSA) is 71.3 Å². The van der Waals surface area contributed by atoms with Gasteiger partial charge in [0.25, 0.3) is 0 Å². The summed E-state index contributed by atoms with van der Waals surface area (Å²) in [5, 5.41) is 8.14. The molecule has 2 amide bonds. The maximum atomic E-state index is 13.9. The first-order valence-electron chi connectivity index (χ1n) is 8.20. The van der Waals surface area contributed by atoms with Crippen LogP contribution in [-0.2, 0) is 29.1 Å². The zero-order chi connectivity index (χ0) is 18.8. The molecule has 0 saturated carbocycles. The number of halogens is 2. The summed E-state index contributed by atoms with van der Waals surface area (Å²) in [6.45, 7) is 2.57. The Balaban J connectivity index is 1.71. The molecule has 1 aliphatic heterocycles. The molecule has 2 aromatic rings. The zero-order valence-corrected chi connectivity index (χ0v) is 14.6. The van der Waals surface area contributed by atoms with E-state index in [1.54, 1.807) is 11.9 Å². The highest BCUT2D eigenvalue weighted by Crippen LogP contribution is 2.18. The van der Waals surface area contributed by atoms with Crippen molar-refractivity contribution in [1.29, 1.82) is 0 Å². The van der Waals surface area contributed by atoms with Gasteiger partial charge in [-0.15, -0.1) is 10.2 Å². The molecule has 3 rings (SSSR count). The minimum absolute atomic E-state index is 0.00479. The van der Waals surface area contributed by atoms with Crippen molar-refractivity contribution in [1.82, 2.24) is 24.6 Å². The van der Waals surface area contributed by atoms with Crippen LogP contribution in [0.2, 0.25) is 0 Å². The van der Waals surface area contributed by atoms with Crippen molar-refractivity contribution < 1.29 is 18.4 Å². The van der Waals surface area contributed by atoms with Gasteiger partial charge in [0.05, 0.1) is 13.1 Å². The highest BCUT2D eigenvalue weighted by molar-refractivity contribution is 5.83. The minimum atomic E-state index is -0.896. The van der Waals surface area contributed by atoms with Gasteiger partial charge < -0.3 is 14.4 Å². The van der Waals surface area contributed by atoms with Gasteiger partial charge in [0.15, 0.2) is 17.5 Å². The van der Waals surface area contributed by atoms with Gasteiger partial charge >= 0.3 is 0 Å². The Morgan fingerprint density at radius 3 is 2.73 bits per heavy atom. The van der Waals surface area contributed by atoms with Gasteiger partial charge in [-0.05, 0) is 11.6 Å². The van der Waals surface area contributed by atoms with Crippen molar-refractivity contribution in [2.75, 3.05) is 20.1 Å². The second-order valence-corrected chi connectivity index (χ2v) is 6.26. The first kappa shape index (κ1) is 18.0. The number of benzene rings is 1. The van der Waals surface area contributed by atoms with E-state index < -0.39 is 11.6 Å². The van der Waals surface area contributed by atoms with Gasteiger partial charge in [-0.1, -0.05) is 12.1 Å². The molecule has 1 aromatic heterocycles. The second-order valence-electron chi connectivity index (χ2n) is 6.26. The molecule has 0 radical (unpaired) electrons. The summed E-state index contributed by atoms with van der Waals surface area (Å²) in [4.78, 5) is 26.5. The number of carbonyl (C=O) groups excluding carboxylic acids is 2. The van der Waals surface area contributed by atoms with Crippen LogP contribution < -0.4 is 0 Å². The lowest BCUT2D eigenvalue weighted by molar-refractivity contribution is -0.139. The van der Waals surface area contributed by atoms with Gasteiger partial charge in [0.2, 0.25) is 11.8 Å². The normalized spacial score (nSPS) is 13.5. The Kier molecular flexibility index (Phi) is 4.97. The fourth-order valence-corrected chi connectivity index (χ4v) is 2.83. The summed E-state index contributed by atoms with van der Waals surface area (Å²) in [5.41, 5.74) is 0.210. The maximum Gasteiger partial charge on any atom is 0.242 e. The highest BCUT2D eigenvalue weighted by atomic mass is 19.2. The summed E-state index contributed by atoms with van der Waals surface area (Å²) in [7, 11) is 1.57. The predicted molar refractivity (Wildman–Crippen MR) is 87.9 cm³/mol. The van der Waals surface area contributed by atoms with Gasteiger partial charge in [-0.2, -0.15) is 0 Å². The highest BCUT2D eigenvalue weighted by Gasteiger charge is 2.25. The van der Waals surface area contributed by atoms with E-state index in [1.165, 1.54) is 24.0 Å². The molecule has 0 unspecified atom stereocenters. The molecule has 0 saturated heterocycles. The fraction of sp³-hybridized carbons (Fsp3) is 0.412. The Hall–Kier alpha value is -2.84. The molecule has 9 heteroatoms. The largest absolute Gasteiger partial charge is 0.337 e. The van der Waals surface area contributed by atoms with Crippen LogP contribution in [0.1, 0.15) is 24.1 Å². The van der Waals surface area contributed by atoms with Crippen molar-refractivity contribution in [3.63, 3.8) is 0 Å². The zero-order valence-electron chi connectivity index (χ0n) is 14.6. The van der Waals surface area contributed by atoms with Crippen LogP contribution in [0.25, 0.3) is 0 Å². The summed E-state index contributed by atoms with van der Waals surface area (Å²) in [6, 6.07) is 4.03. The number of hydrogen-bond donors (Lipinski definition) is 0. The first-order valence-corrected chi connectivity index (χ1v) is 8.20. The molecule has 0 aliphatic carbocycles. The molecule has 138 valence electrons. The third-order valence-corrected chi connectivity index (χ3v) is 4.47. The molecule has 0 N–H and O–H groups in total. The van der Waals surface area contributed by atoms with Crippen LogP contribution >= 0.6 is 0 Å². The summed E-state index contributed by atoms with van der Waals surface area (Å²) in [6.07, 6.45) is 0.123. The summed E-state index contributed by atoms with van der Waals surface area (Å²) >= 11 is 0. The van der Waals surface area contributed by atoms with Crippen LogP contribution in [0.15, 0.2) is 18.2 Å². The molecule has 26 heavy (non-hydrogen) atoms. The van der Waals surface area contributed by atoms with E-state index in [-0.39, 0.29) is 36.9 Å². The summed E-state index contributed by atoms with van der Waals surface area (Å²) in [5.74, 6) is -1.02. The van der Waals surface area contributed by atoms with E-state index in [0.717, 1.165) is 6.07 Å². The molecule has 0 spiro atoms. The van der Waals surface area contributed by atoms with Crippen LogP contribution in [0, 0.1) is 11.6 Å². The lowest BCUT2D eigenvalue weighted by Gasteiger charge is -2.29. The molecular formula is C17H19F2N5O2. The third kappa shape index (κ3) is 3.56. The Labute approximate surface area is 149 Å². The molecule has 7 nitrogen and oxygen atoms in total. The van der Waals surface area contributed by atoms with E-state index >= 15 is 0 Å².